The molecule has 0 fully saturated rings. The third kappa shape index (κ3) is 3.32. The minimum atomic E-state index is -1.13. The Labute approximate surface area is 125 Å². The quantitative estimate of drug-likeness (QED) is 0.812. The van der Waals surface area contributed by atoms with Gasteiger partial charge < -0.3 is 15.5 Å². The summed E-state index contributed by atoms with van der Waals surface area (Å²) in [5, 5.41) is 21.0. The van der Waals surface area contributed by atoms with Crippen LogP contribution >= 0.6 is 11.6 Å². The number of carbonyl (C=O) groups is 2. The molecule has 2 rings (SSSR count). The molecule has 21 heavy (non-hydrogen) atoms. The van der Waals surface area contributed by atoms with Gasteiger partial charge in [-0.1, -0.05) is 11.6 Å². The van der Waals surface area contributed by atoms with Crippen LogP contribution in [0, 0.1) is 6.92 Å². The van der Waals surface area contributed by atoms with E-state index in [0.29, 0.717) is 16.8 Å². The first kappa shape index (κ1) is 14.9. The Kier molecular flexibility index (Phi) is 4.14. The molecule has 0 saturated carbocycles. The van der Waals surface area contributed by atoms with Crippen molar-refractivity contribution >= 4 is 29.2 Å². The van der Waals surface area contributed by atoms with Crippen molar-refractivity contribution in [2.45, 2.75) is 6.92 Å². The molecule has 0 aliphatic carbocycles. The zero-order chi connectivity index (χ0) is 15.6. The SMILES string of the molecule is Cc1cc(C(=O)Nc2ccc(C(=O)O)c(Cl)c2)ccc1O. The Bertz CT molecular complexity index is 728. The van der Waals surface area contributed by atoms with Gasteiger partial charge in [0, 0.05) is 11.3 Å². The number of phenols is 1. The summed E-state index contributed by atoms with van der Waals surface area (Å²) in [6.45, 7) is 1.69. The second kappa shape index (κ2) is 5.85. The summed E-state index contributed by atoms with van der Waals surface area (Å²) in [5.41, 5.74) is 1.32. The van der Waals surface area contributed by atoms with Crippen LogP contribution in [-0.4, -0.2) is 22.1 Å². The van der Waals surface area contributed by atoms with Gasteiger partial charge in [0.25, 0.3) is 5.91 Å². The summed E-state index contributed by atoms with van der Waals surface area (Å²) in [6.07, 6.45) is 0. The van der Waals surface area contributed by atoms with Gasteiger partial charge in [-0.2, -0.15) is 0 Å². The van der Waals surface area contributed by atoms with Crippen LogP contribution in [0.25, 0.3) is 0 Å². The average molecular weight is 306 g/mol. The highest BCUT2D eigenvalue weighted by molar-refractivity contribution is 6.33. The van der Waals surface area contributed by atoms with Gasteiger partial charge in [-0.3, -0.25) is 4.79 Å². The zero-order valence-corrected chi connectivity index (χ0v) is 11.8. The third-order valence-corrected chi connectivity index (χ3v) is 3.23. The van der Waals surface area contributed by atoms with Crippen LogP contribution < -0.4 is 5.32 Å². The van der Waals surface area contributed by atoms with E-state index in [1.165, 1.54) is 30.3 Å². The number of phenolic OH excluding ortho intramolecular Hbond substituents is 1. The monoisotopic (exact) mass is 305 g/mol. The molecule has 0 aliphatic heterocycles. The van der Waals surface area contributed by atoms with E-state index >= 15 is 0 Å². The van der Waals surface area contributed by atoms with E-state index < -0.39 is 5.97 Å². The minimum absolute atomic E-state index is 0.0323. The fourth-order valence-electron chi connectivity index (χ4n) is 1.77. The molecule has 6 heteroatoms. The van der Waals surface area contributed by atoms with Gasteiger partial charge in [-0.15, -0.1) is 0 Å². The van der Waals surface area contributed by atoms with Crippen molar-refractivity contribution in [2.75, 3.05) is 5.32 Å². The number of carboxylic acid groups (broad SMARTS) is 1. The number of rotatable bonds is 3. The van der Waals surface area contributed by atoms with Crippen LogP contribution in [0.5, 0.6) is 5.75 Å². The van der Waals surface area contributed by atoms with E-state index in [-0.39, 0.29) is 22.2 Å². The fourth-order valence-corrected chi connectivity index (χ4v) is 2.03. The molecule has 2 aromatic rings. The number of carbonyl (C=O) groups excluding carboxylic acids is 1. The third-order valence-electron chi connectivity index (χ3n) is 2.92. The maximum absolute atomic E-state index is 12.1. The molecule has 1 amide bonds. The van der Waals surface area contributed by atoms with Gasteiger partial charge in [-0.05, 0) is 48.9 Å². The molecule has 0 spiro atoms. The second-order valence-corrected chi connectivity index (χ2v) is 4.86. The molecule has 0 bridgehead atoms. The first-order valence-electron chi connectivity index (χ1n) is 6.02. The molecule has 0 aliphatic rings. The number of halogens is 1. The molecule has 0 aromatic heterocycles. The van der Waals surface area contributed by atoms with Crippen LogP contribution in [0.15, 0.2) is 36.4 Å². The normalized spacial score (nSPS) is 10.2. The van der Waals surface area contributed by atoms with Gasteiger partial charge in [-0.25, -0.2) is 4.79 Å². The zero-order valence-electron chi connectivity index (χ0n) is 11.1. The molecule has 5 nitrogen and oxygen atoms in total. The summed E-state index contributed by atoms with van der Waals surface area (Å²) in [7, 11) is 0. The predicted molar refractivity (Wildman–Crippen MR) is 79.2 cm³/mol. The second-order valence-electron chi connectivity index (χ2n) is 4.46. The summed E-state index contributed by atoms with van der Waals surface area (Å²) in [5.74, 6) is -1.40. The van der Waals surface area contributed by atoms with E-state index in [0.717, 1.165) is 0 Å². The number of hydrogen-bond donors (Lipinski definition) is 3. The lowest BCUT2D eigenvalue weighted by Crippen LogP contribution is -2.12. The number of hydrogen-bond acceptors (Lipinski definition) is 3. The highest BCUT2D eigenvalue weighted by Gasteiger charge is 2.12. The number of aryl methyl sites for hydroxylation is 1. The predicted octanol–water partition coefficient (Wildman–Crippen LogP) is 3.30. The molecule has 0 heterocycles. The highest BCUT2D eigenvalue weighted by atomic mass is 35.5. The lowest BCUT2D eigenvalue weighted by atomic mass is 10.1. The highest BCUT2D eigenvalue weighted by Crippen LogP contribution is 2.22. The van der Waals surface area contributed by atoms with Crippen LogP contribution in [0.1, 0.15) is 26.3 Å². The molecule has 0 radical (unpaired) electrons. The fraction of sp³-hybridized carbons (Fsp3) is 0.0667. The number of carboxylic acids is 1. The standard InChI is InChI=1S/C15H12ClNO4/c1-8-6-9(2-5-13(8)18)14(19)17-10-3-4-11(15(20)21)12(16)7-10/h2-7,18H,1H3,(H,17,19)(H,20,21). The molecule has 0 unspecified atom stereocenters. The van der Waals surface area contributed by atoms with Gasteiger partial charge in [0.05, 0.1) is 10.6 Å². The Morgan fingerprint density at radius 2 is 1.86 bits per heavy atom. The van der Waals surface area contributed by atoms with Crippen molar-refractivity contribution in [3.63, 3.8) is 0 Å². The molecule has 0 saturated heterocycles. The van der Waals surface area contributed by atoms with Crippen LogP contribution in [-0.2, 0) is 0 Å². The maximum Gasteiger partial charge on any atom is 0.337 e. The average Bonchev–Trinajstić information content (AvgIpc) is 2.41. The van der Waals surface area contributed by atoms with E-state index in [4.69, 9.17) is 16.7 Å². The summed E-state index contributed by atoms with van der Waals surface area (Å²) in [6, 6.07) is 8.63. The summed E-state index contributed by atoms with van der Waals surface area (Å²) in [4.78, 5) is 22.9. The van der Waals surface area contributed by atoms with Crippen LogP contribution in [0.3, 0.4) is 0 Å². The van der Waals surface area contributed by atoms with Crippen molar-refractivity contribution in [3.8, 4) is 5.75 Å². The van der Waals surface area contributed by atoms with E-state index in [1.807, 2.05) is 0 Å². The van der Waals surface area contributed by atoms with E-state index in [2.05, 4.69) is 5.32 Å². The molecule has 108 valence electrons. The molecule has 2 aromatic carbocycles. The number of aromatic hydroxyl groups is 1. The van der Waals surface area contributed by atoms with E-state index in [1.54, 1.807) is 13.0 Å². The first-order chi connectivity index (χ1) is 9.88. The molecular weight excluding hydrogens is 294 g/mol. The van der Waals surface area contributed by atoms with Crippen LogP contribution in [0.4, 0.5) is 5.69 Å². The van der Waals surface area contributed by atoms with Gasteiger partial charge in [0.2, 0.25) is 0 Å². The minimum Gasteiger partial charge on any atom is -0.508 e. The van der Waals surface area contributed by atoms with Crippen molar-refractivity contribution in [2.24, 2.45) is 0 Å². The molecule has 0 atom stereocenters. The van der Waals surface area contributed by atoms with Crippen LogP contribution in [0.2, 0.25) is 5.02 Å². The number of amides is 1. The largest absolute Gasteiger partial charge is 0.508 e. The smallest absolute Gasteiger partial charge is 0.337 e. The van der Waals surface area contributed by atoms with Crippen molar-refractivity contribution < 1.29 is 19.8 Å². The lowest BCUT2D eigenvalue weighted by Gasteiger charge is -2.08. The topological polar surface area (TPSA) is 86.6 Å². The van der Waals surface area contributed by atoms with Crippen molar-refractivity contribution in [1.29, 1.82) is 0 Å². The number of aromatic carboxylic acids is 1. The van der Waals surface area contributed by atoms with Gasteiger partial charge in [0.1, 0.15) is 5.75 Å². The summed E-state index contributed by atoms with van der Waals surface area (Å²) >= 11 is 5.83. The number of benzene rings is 2. The number of nitrogens with one attached hydrogen (secondary N) is 1. The van der Waals surface area contributed by atoms with Gasteiger partial charge in [0.15, 0.2) is 0 Å². The summed E-state index contributed by atoms with van der Waals surface area (Å²) < 4.78 is 0. The Balaban J connectivity index is 2.21. The Hall–Kier alpha value is -2.53. The Morgan fingerprint density at radius 1 is 1.14 bits per heavy atom. The molecule has 3 N–H and O–H groups in total. The first-order valence-corrected chi connectivity index (χ1v) is 6.40. The van der Waals surface area contributed by atoms with E-state index in [9.17, 15) is 14.7 Å². The Morgan fingerprint density at radius 3 is 2.43 bits per heavy atom. The molecular formula is C15H12ClNO4. The van der Waals surface area contributed by atoms with Gasteiger partial charge >= 0.3 is 5.97 Å². The maximum atomic E-state index is 12.1. The number of anilines is 1. The van der Waals surface area contributed by atoms with Crippen molar-refractivity contribution in [1.82, 2.24) is 0 Å². The van der Waals surface area contributed by atoms with Crippen molar-refractivity contribution in [3.05, 3.63) is 58.1 Å². The lowest BCUT2D eigenvalue weighted by molar-refractivity contribution is 0.0697.